The lowest BCUT2D eigenvalue weighted by atomic mass is 10.2. The molecule has 0 saturated heterocycles. The van der Waals surface area contributed by atoms with Gasteiger partial charge in [-0.25, -0.2) is 4.98 Å². The Balaban J connectivity index is 1.55. The molecule has 2 heterocycles. The van der Waals surface area contributed by atoms with Crippen LogP contribution in [-0.2, 0) is 6.54 Å². The Bertz CT molecular complexity index is 713. The van der Waals surface area contributed by atoms with Crippen molar-refractivity contribution in [2.75, 3.05) is 6.61 Å². The van der Waals surface area contributed by atoms with E-state index in [0.717, 1.165) is 36.0 Å². The second kappa shape index (κ2) is 6.59. The van der Waals surface area contributed by atoms with E-state index < -0.39 is 0 Å². The fraction of sp³-hybridized carbons (Fsp3) is 0.250. The Morgan fingerprint density at radius 3 is 2.95 bits per heavy atom. The van der Waals surface area contributed by atoms with Gasteiger partial charge in [0.15, 0.2) is 0 Å². The van der Waals surface area contributed by atoms with E-state index in [1.165, 1.54) is 0 Å². The van der Waals surface area contributed by atoms with Crippen molar-refractivity contribution in [3.05, 3.63) is 54.2 Å². The molecule has 0 aliphatic rings. The fourth-order valence-electron chi connectivity index (χ4n) is 2.22. The van der Waals surface area contributed by atoms with Gasteiger partial charge >= 0.3 is 0 Å². The number of hydrogen-bond acceptors (Lipinski definition) is 3. The topological polar surface area (TPSA) is 39.9 Å². The number of unbranched alkanes of at least 4 members (excludes halogenated alkanes) is 1. The summed E-state index contributed by atoms with van der Waals surface area (Å²) >= 11 is 5.98. The summed E-state index contributed by atoms with van der Waals surface area (Å²) in [7, 11) is 0. The van der Waals surface area contributed by atoms with E-state index in [4.69, 9.17) is 16.3 Å². The second-order valence-corrected chi connectivity index (χ2v) is 5.26. The molecule has 0 bridgehead atoms. The van der Waals surface area contributed by atoms with Crippen LogP contribution >= 0.6 is 11.6 Å². The van der Waals surface area contributed by atoms with Gasteiger partial charge in [-0.1, -0.05) is 11.6 Å². The number of rotatable bonds is 6. The van der Waals surface area contributed by atoms with Crippen molar-refractivity contribution in [1.29, 1.82) is 0 Å². The molecule has 1 aromatic carbocycles. The number of hydrogen-bond donors (Lipinski definition) is 0. The number of imidazole rings is 1. The molecule has 0 aliphatic carbocycles. The third kappa shape index (κ3) is 3.52. The Morgan fingerprint density at radius 2 is 2.10 bits per heavy atom. The molecule has 0 aliphatic heterocycles. The first-order chi connectivity index (χ1) is 10.3. The van der Waals surface area contributed by atoms with Crippen LogP contribution < -0.4 is 4.74 Å². The van der Waals surface area contributed by atoms with Crippen LogP contribution in [-0.4, -0.2) is 21.1 Å². The van der Waals surface area contributed by atoms with Gasteiger partial charge in [0.1, 0.15) is 5.75 Å². The van der Waals surface area contributed by atoms with Crippen LogP contribution in [0.3, 0.4) is 0 Å². The van der Waals surface area contributed by atoms with E-state index in [0.29, 0.717) is 11.6 Å². The molecule has 0 unspecified atom stereocenters. The van der Waals surface area contributed by atoms with E-state index in [9.17, 15) is 0 Å². The maximum Gasteiger partial charge on any atom is 0.130 e. The molecule has 0 N–H and O–H groups in total. The molecule has 108 valence electrons. The third-order valence-corrected chi connectivity index (χ3v) is 3.53. The maximum atomic E-state index is 5.98. The molecular weight excluding hydrogens is 286 g/mol. The van der Waals surface area contributed by atoms with Gasteiger partial charge in [-0.3, -0.25) is 4.98 Å². The lowest BCUT2D eigenvalue weighted by Gasteiger charge is -2.09. The first kappa shape index (κ1) is 13.9. The lowest BCUT2D eigenvalue weighted by Crippen LogP contribution is -2.01. The molecule has 0 radical (unpaired) electrons. The highest BCUT2D eigenvalue weighted by Gasteiger charge is 2.03. The Hall–Kier alpha value is -2.07. The highest BCUT2D eigenvalue weighted by atomic mass is 35.5. The van der Waals surface area contributed by atoms with E-state index in [1.54, 1.807) is 12.4 Å². The van der Waals surface area contributed by atoms with E-state index >= 15 is 0 Å². The molecule has 5 heteroatoms. The first-order valence-electron chi connectivity index (χ1n) is 6.96. The second-order valence-electron chi connectivity index (χ2n) is 4.83. The van der Waals surface area contributed by atoms with Crippen molar-refractivity contribution in [1.82, 2.24) is 14.5 Å². The van der Waals surface area contributed by atoms with Crippen LogP contribution in [0.25, 0.3) is 10.9 Å². The standard InChI is InChI=1S/C16H16ClN3O/c17-13-3-4-14-15(11-13)19-6-5-16(14)21-10-2-1-8-20-9-7-18-12-20/h3-7,9,11-12H,1-2,8,10H2. The zero-order valence-corrected chi connectivity index (χ0v) is 12.3. The number of halogens is 1. The quantitative estimate of drug-likeness (QED) is 0.647. The summed E-state index contributed by atoms with van der Waals surface area (Å²) in [5.41, 5.74) is 0.860. The molecule has 0 fully saturated rings. The molecule has 4 nitrogen and oxygen atoms in total. The molecular formula is C16H16ClN3O. The zero-order valence-electron chi connectivity index (χ0n) is 11.6. The van der Waals surface area contributed by atoms with Crippen molar-refractivity contribution in [3.63, 3.8) is 0 Å². The van der Waals surface area contributed by atoms with Crippen molar-refractivity contribution in [2.45, 2.75) is 19.4 Å². The summed E-state index contributed by atoms with van der Waals surface area (Å²) in [5, 5.41) is 1.68. The van der Waals surface area contributed by atoms with Crippen molar-refractivity contribution in [2.24, 2.45) is 0 Å². The van der Waals surface area contributed by atoms with Gasteiger partial charge in [0, 0.05) is 35.5 Å². The van der Waals surface area contributed by atoms with Gasteiger partial charge in [0.25, 0.3) is 0 Å². The van der Waals surface area contributed by atoms with Crippen LogP contribution in [0.4, 0.5) is 0 Å². The third-order valence-electron chi connectivity index (χ3n) is 3.29. The number of benzene rings is 1. The normalized spacial score (nSPS) is 10.9. The Morgan fingerprint density at radius 1 is 1.14 bits per heavy atom. The summed E-state index contributed by atoms with van der Waals surface area (Å²) < 4.78 is 7.94. The smallest absolute Gasteiger partial charge is 0.130 e. The molecule has 21 heavy (non-hydrogen) atoms. The molecule has 3 rings (SSSR count). The number of nitrogens with zero attached hydrogens (tertiary/aromatic N) is 3. The van der Waals surface area contributed by atoms with Gasteiger partial charge in [-0.2, -0.15) is 0 Å². The lowest BCUT2D eigenvalue weighted by molar-refractivity contribution is 0.306. The van der Waals surface area contributed by atoms with E-state index in [2.05, 4.69) is 14.5 Å². The summed E-state index contributed by atoms with van der Waals surface area (Å²) in [6, 6.07) is 7.55. The molecule has 2 aromatic heterocycles. The molecule has 0 atom stereocenters. The van der Waals surface area contributed by atoms with Crippen molar-refractivity contribution >= 4 is 22.5 Å². The number of fused-ring (bicyclic) bond motifs is 1. The minimum atomic E-state index is 0.687. The van der Waals surface area contributed by atoms with Crippen LogP contribution in [0, 0.1) is 0 Å². The summed E-state index contributed by atoms with van der Waals surface area (Å²) in [6.07, 6.45) is 9.41. The fourth-order valence-corrected chi connectivity index (χ4v) is 2.38. The summed E-state index contributed by atoms with van der Waals surface area (Å²) in [6.45, 7) is 1.66. The van der Waals surface area contributed by atoms with Gasteiger partial charge in [-0.05, 0) is 37.1 Å². The minimum absolute atomic E-state index is 0.687. The SMILES string of the molecule is Clc1ccc2c(OCCCCn3ccnc3)ccnc2c1. The number of ether oxygens (including phenoxy) is 1. The zero-order chi connectivity index (χ0) is 14.5. The Labute approximate surface area is 128 Å². The van der Waals surface area contributed by atoms with E-state index in [1.807, 2.05) is 36.8 Å². The van der Waals surface area contributed by atoms with E-state index in [-0.39, 0.29) is 0 Å². The summed E-state index contributed by atoms with van der Waals surface area (Å²) in [4.78, 5) is 8.33. The van der Waals surface area contributed by atoms with Crippen LogP contribution in [0.1, 0.15) is 12.8 Å². The van der Waals surface area contributed by atoms with Crippen molar-refractivity contribution in [3.8, 4) is 5.75 Å². The predicted octanol–water partition coefficient (Wildman–Crippen LogP) is 3.94. The van der Waals surface area contributed by atoms with Crippen LogP contribution in [0.5, 0.6) is 5.75 Å². The van der Waals surface area contributed by atoms with Gasteiger partial charge in [-0.15, -0.1) is 0 Å². The highest BCUT2D eigenvalue weighted by Crippen LogP contribution is 2.26. The molecule has 3 aromatic rings. The summed E-state index contributed by atoms with van der Waals surface area (Å²) in [5.74, 6) is 0.860. The van der Waals surface area contributed by atoms with Gasteiger partial charge in [0.2, 0.25) is 0 Å². The maximum absolute atomic E-state index is 5.98. The Kier molecular flexibility index (Phi) is 4.36. The number of pyridine rings is 1. The number of aryl methyl sites for hydroxylation is 1. The van der Waals surface area contributed by atoms with Crippen molar-refractivity contribution < 1.29 is 4.74 Å². The molecule has 0 spiro atoms. The number of aromatic nitrogens is 3. The minimum Gasteiger partial charge on any atom is -0.493 e. The largest absolute Gasteiger partial charge is 0.493 e. The first-order valence-corrected chi connectivity index (χ1v) is 7.33. The van der Waals surface area contributed by atoms with Gasteiger partial charge < -0.3 is 9.30 Å². The molecule has 0 saturated carbocycles. The van der Waals surface area contributed by atoms with Crippen LogP contribution in [0.15, 0.2) is 49.2 Å². The highest BCUT2D eigenvalue weighted by molar-refractivity contribution is 6.31. The van der Waals surface area contributed by atoms with Crippen LogP contribution in [0.2, 0.25) is 5.02 Å². The average molecular weight is 302 g/mol. The monoisotopic (exact) mass is 301 g/mol. The molecule has 0 amide bonds. The average Bonchev–Trinajstić information content (AvgIpc) is 3.00. The van der Waals surface area contributed by atoms with Gasteiger partial charge in [0.05, 0.1) is 18.5 Å². The predicted molar refractivity (Wildman–Crippen MR) is 83.7 cm³/mol.